The number of ether oxygens (including phenoxy) is 2. The molecule has 264 valence electrons. The van der Waals surface area contributed by atoms with Crippen LogP contribution in [0.4, 0.5) is 5.69 Å². The number of hydrogen-bond acceptors (Lipinski definition) is 10. The summed E-state index contributed by atoms with van der Waals surface area (Å²) in [5, 5.41) is 1.51. The predicted octanol–water partition coefficient (Wildman–Crippen LogP) is 9.84. The highest BCUT2D eigenvalue weighted by molar-refractivity contribution is 7.18. The highest BCUT2D eigenvalue weighted by atomic mass is 32.1. The van der Waals surface area contributed by atoms with Gasteiger partial charge < -0.3 is 23.2 Å². The van der Waals surface area contributed by atoms with Crippen molar-refractivity contribution in [1.82, 2.24) is 9.97 Å². The quantitative estimate of drug-likeness (QED) is 0.108. The average molecular weight is 714 g/mol. The molecule has 52 heavy (non-hydrogen) atoms. The molecule has 0 fully saturated rings. The molecule has 9 nitrogen and oxygen atoms in total. The van der Waals surface area contributed by atoms with Crippen LogP contribution < -0.4 is 25.6 Å². The van der Waals surface area contributed by atoms with Gasteiger partial charge >= 0.3 is 11.3 Å². The molecule has 3 aromatic carbocycles. The van der Waals surface area contributed by atoms with Crippen LogP contribution in [0.5, 0.6) is 11.5 Å². The van der Waals surface area contributed by atoms with Crippen molar-refractivity contribution in [2.45, 2.75) is 39.5 Å². The van der Waals surface area contributed by atoms with Crippen molar-refractivity contribution in [2.24, 2.45) is 0 Å². The third-order valence-corrected chi connectivity index (χ3v) is 10.3. The summed E-state index contributed by atoms with van der Waals surface area (Å²) in [5.74, 6) is 1.09. The third-order valence-electron chi connectivity index (χ3n) is 9.13. The lowest BCUT2D eigenvalue weighted by Gasteiger charge is -2.24. The first-order valence-electron chi connectivity index (χ1n) is 17.4. The number of rotatable bonds is 13. The van der Waals surface area contributed by atoms with Gasteiger partial charge in [-0.1, -0.05) is 44.9 Å². The lowest BCUT2D eigenvalue weighted by molar-refractivity contribution is 0.396. The van der Waals surface area contributed by atoms with Gasteiger partial charge in [-0.3, -0.25) is 9.97 Å². The molecule has 4 heterocycles. The number of anilines is 1. The molecule has 0 unspecified atom stereocenters. The molecule has 0 saturated heterocycles. The van der Waals surface area contributed by atoms with Crippen LogP contribution in [0.15, 0.2) is 110 Å². The molecular weight excluding hydrogens is 675 g/mol. The molecule has 7 aromatic rings. The van der Waals surface area contributed by atoms with Crippen LogP contribution in [0, 0.1) is 0 Å². The maximum atomic E-state index is 13.2. The van der Waals surface area contributed by atoms with Gasteiger partial charge in [0.1, 0.15) is 22.7 Å². The van der Waals surface area contributed by atoms with Gasteiger partial charge in [0.2, 0.25) is 0 Å². The lowest BCUT2D eigenvalue weighted by atomic mass is 10.1. The van der Waals surface area contributed by atoms with Crippen LogP contribution in [0.3, 0.4) is 0 Å². The van der Waals surface area contributed by atoms with Crippen LogP contribution in [-0.4, -0.2) is 37.3 Å². The van der Waals surface area contributed by atoms with E-state index in [1.54, 1.807) is 44.8 Å². The number of nitrogens with zero attached hydrogens (tertiary/aromatic N) is 3. The lowest BCUT2D eigenvalue weighted by Crippen LogP contribution is -2.25. The van der Waals surface area contributed by atoms with E-state index in [0.29, 0.717) is 50.6 Å². The Bertz CT molecular complexity index is 2480. The second-order valence-corrected chi connectivity index (χ2v) is 13.7. The fraction of sp³-hybridized carbons (Fsp3) is 0.238. The monoisotopic (exact) mass is 713 g/mol. The zero-order valence-electron chi connectivity index (χ0n) is 29.6. The van der Waals surface area contributed by atoms with E-state index >= 15 is 0 Å². The van der Waals surface area contributed by atoms with Crippen molar-refractivity contribution in [2.75, 3.05) is 32.2 Å². The molecule has 0 aliphatic carbocycles. The number of benzene rings is 3. The molecular formula is C42H39N3O6S. The summed E-state index contributed by atoms with van der Waals surface area (Å²) in [6, 6.07) is 25.0. The predicted molar refractivity (Wildman–Crippen MR) is 209 cm³/mol. The largest absolute Gasteiger partial charge is 0.496 e. The van der Waals surface area contributed by atoms with Gasteiger partial charge in [0.15, 0.2) is 0 Å². The van der Waals surface area contributed by atoms with Gasteiger partial charge in [-0.2, -0.15) is 0 Å². The molecule has 0 atom stereocenters. The Hall–Kier alpha value is -5.74. The standard InChI is InChI=1S/C42H39N3O6S/c1-5-7-16-45(17-8-6-2)29-13-12-27-19-31(41(46)50-36(27)20-29)35-25-43-34(24-44-35)26-10-9-11-28(18-26)39-14-15-40(52-39)33-23-32-37(49-4)21-30(48-3)22-38(32)51-42(33)47/h9-15,18-25H,5-8,16-17H2,1-4H3. The van der Waals surface area contributed by atoms with Crippen LogP contribution in [0.1, 0.15) is 39.5 Å². The number of fused-ring (bicyclic) bond motifs is 2. The topological polar surface area (TPSA) is 108 Å². The normalized spacial score (nSPS) is 11.3. The maximum Gasteiger partial charge on any atom is 0.345 e. The first-order valence-corrected chi connectivity index (χ1v) is 18.3. The molecule has 0 amide bonds. The second-order valence-electron chi connectivity index (χ2n) is 12.6. The first-order chi connectivity index (χ1) is 25.4. The van der Waals surface area contributed by atoms with Crippen molar-refractivity contribution in [3.63, 3.8) is 0 Å². The van der Waals surface area contributed by atoms with Gasteiger partial charge in [-0.05, 0) is 60.9 Å². The minimum Gasteiger partial charge on any atom is -0.496 e. The summed E-state index contributed by atoms with van der Waals surface area (Å²) in [4.78, 5) is 39.6. The minimum atomic E-state index is -0.450. The van der Waals surface area contributed by atoms with Crippen molar-refractivity contribution >= 4 is 39.0 Å². The Morgan fingerprint density at radius 1 is 0.692 bits per heavy atom. The summed E-state index contributed by atoms with van der Waals surface area (Å²) in [5.41, 5.74) is 4.87. The molecule has 7 rings (SSSR count). The molecule has 4 aromatic heterocycles. The van der Waals surface area contributed by atoms with Crippen LogP contribution in [0.2, 0.25) is 0 Å². The van der Waals surface area contributed by atoms with E-state index in [9.17, 15) is 9.59 Å². The SMILES string of the molecule is CCCCN(CCCC)c1ccc2cc(-c3cnc(-c4cccc(-c5ccc(-c6cc7c(OC)cc(OC)cc7oc6=O)s5)c4)cn3)c(=O)oc2c1. The van der Waals surface area contributed by atoms with Gasteiger partial charge in [-0.25, -0.2) is 9.59 Å². The highest BCUT2D eigenvalue weighted by Crippen LogP contribution is 2.38. The van der Waals surface area contributed by atoms with Gasteiger partial charge in [0, 0.05) is 57.7 Å². The van der Waals surface area contributed by atoms with E-state index < -0.39 is 11.3 Å². The molecule has 0 bridgehead atoms. The van der Waals surface area contributed by atoms with E-state index in [0.717, 1.165) is 70.7 Å². The van der Waals surface area contributed by atoms with Crippen molar-refractivity contribution in [3.05, 3.63) is 112 Å². The third kappa shape index (κ3) is 7.07. The van der Waals surface area contributed by atoms with Crippen molar-refractivity contribution in [1.29, 1.82) is 0 Å². The van der Waals surface area contributed by atoms with E-state index in [4.69, 9.17) is 18.3 Å². The van der Waals surface area contributed by atoms with Gasteiger partial charge in [0.05, 0.1) is 54.5 Å². The summed E-state index contributed by atoms with van der Waals surface area (Å²) < 4.78 is 22.4. The minimum absolute atomic E-state index is 0.364. The highest BCUT2D eigenvalue weighted by Gasteiger charge is 2.17. The Balaban J connectivity index is 1.13. The zero-order valence-corrected chi connectivity index (χ0v) is 30.4. The van der Waals surface area contributed by atoms with Gasteiger partial charge in [-0.15, -0.1) is 11.3 Å². The van der Waals surface area contributed by atoms with E-state index in [1.807, 2.05) is 54.6 Å². The van der Waals surface area contributed by atoms with E-state index in [-0.39, 0.29) is 0 Å². The van der Waals surface area contributed by atoms with E-state index in [2.05, 4.69) is 34.8 Å². The molecule has 0 aliphatic rings. The Labute approximate surface area is 305 Å². The fourth-order valence-electron chi connectivity index (χ4n) is 6.25. The number of thiophene rings is 1. The van der Waals surface area contributed by atoms with Gasteiger partial charge in [0.25, 0.3) is 0 Å². The molecule has 0 radical (unpaired) electrons. The summed E-state index contributed by atoms with van der Waals surface area (Å²) in [6.45, 7) is 6.33. The van der Waals surface area contributed by atoms with Crippen molar-refractivity contribution < 1.29 is 18.3 Å². The second kappa shape index (κ2) is 15.2. The number of methoxy groups -OCH3 is 2. The average Bonchev–Trinajstić information content (AvgIpc) is 3.67. The number of unbranched alkanes of at least 4 members (excludes halogenated alkanes) is 2. The summed E-state index contributed by atoms with van der Waals surface area (Å²) in [7, 11) is 3.12. The Morgan fingerprint density at radius 2 is 1.40 bits per heavy atom. The van der Waals surface area contributed by atoms with Crippen LogP contribution in [0.25, 0.3) is 65.3 Å². The fourth-order valence-corrected chi connectivity index (χ4v) is 7.26. The molecule has 0 saturated carbocycles. The number of aromatic nitrogens is 2. The summed E-state index contributed by atoms with van der Waals surface area (Å²) >= 11 is 1.49. The first kappa shape index (κ1) is 34.7. The molecule has 0 aliphatic heterocycles. The molecule has 10 heteroatoms. The Kier molecular flexibility index (Phi) is 10.2. The molecule has 0 spiro atoms. The summed E-state index contributed by atoms with van der Waals surface area (Å²) in [6.07, 6.45) is 7.74. The Morgan fingerprint density at radius 3 is 2.13 bits per heavy atom. The maximum absolute atomic E-state index is 13.2. The molecule has 0 N–H and O–H groups in total. The van der Waals surface area contributed by atoms with Crippen molar-refractivity contribution in [3.8, 4) is 54.9 Å². The van der Waals surface area contributed by atoms with Crippen LogP contribution in [-0.2, 0) is 0 Å². The smallest absolute Gasteiger partial charge is 0.345 e. The zero-order chi connectivity index (χ0) is 36.2. The van der Waals surface area contributed by atoms with Crippen LogP contribution >= 0.6 is 11.3 Å². The van der Waals surface area contributed by atoms with E-state index in [1.165, 1.54) is 11.3 Å². The number of hydrogen-bond donors (Lipinski definition) is 0.